The molecule has 0 aliphatic rings. The average molecular weight is 250 g/mol. The van der Waals surface area contributed by atoms with Gasteiger partial charge >= 0.3 is 0 Å². The largest absolute Gasteiger partial charge is 0.329 e. The second-order valence-corrected chi connectivity index (χ2v) is 5.09. The molecule has 0 spiro atoms. The fourth-order valence-electron chi connectivity index (χ4n) is 1.81. The number of nitrogens with zero attached hydrogens (tertiary/aromatic N) is 2. The molecule has 1 unspecified atom stereocenters. The summed E-state index contributed by atoms with van der Waals surface area (Å²) in [5, 5.41) is 9.82. The van der Waals surface area contributed by atoms with Crippen LogP contribution in [0.15, 0.2) is 23.7 Å². The average Bonchev–Trinajstić information content (AvgIpc) is 2.94. The molecule has 0 fully saturated rings. The zero-order chi connectivity index (χ0) is 12.3. The molecule has 0 aliphatic heterocycles. The van der Waals surface area contributed by atoms with Crippen molar-refractivity contribution in [2.75, 3.05) is 6.54 Å². The third kappa shape index (κ3) is 2.74. The van der Waals surface area contributed by atoms with E-state index >= 15 is 0 Å². The van der Waals surface area contributed by atoms with Gasteiger partial charge in [0.15, 0.2) is 0 Å². The topological polar surface area (TPSA) is 55.9 Å². The van der Waals surface area contributed by atoms with Crippen molar-refractivity contribution in [3.05, 3.63) is 39.8 Å². The van der Waals surface area contributed by atoms with Crippen molar-refractivity contribution >= 4 is 11.3 Å². The first kappa shape index (κ1) is 12.3. The molecule has 2 rings (SSSR count). The first-order valence-electron chi connectivity index (χ1n) is 5.66. The number of hydrogen-bond acceptors (Lipinski definition) is 4. The molecule has 4 nitrogen and oxygen atoms in total. The predicted octanol–water partition coefficient (Wildman–Crippen LogP) is 1.58. The molecule has 0 saturated carbocycles. The summed E-state index contributed by atoms with van der Waals surface area (Å²) in [7, 11) is 1.95. The summed E-state index contributed by atoms with van der Waals surface area (Å²) in [6.07, 6.45) is 1.90. The standard InChI is InChI=1S/C12H18N4S/c1-9-11(8-15-16(9)2)12(6-13)14-7-10-4-3-5-17-10/h3-5,8,12,14H,6-7,13H2,1-2H3. The molecule has 17 heavy (non-hydrogen) atoms. The van der Waals surface area contributed by atoms with Crippen LogP contribution in [0.1, 0.15) is 22.2 Å². The second-order valence-electron chi connectivity index (χ2n) is 4.06. The number of hydrogen-bond donors (Lipinski definition) is 2. The predicted molar refractivity (Wildman–Crippen MR) is 70.9 cm³/mol. The SMILES string of the molecule is Cc1c(C(CN)NCc2cccs2)cnn1C. The molecule has 2 aromatic heterocycles. The van der Waals surface area contributed by atoms with Crippen LogP contribution < -0.4 is 11.1 Å². The minimum Gasteiger partial charge on any atom is -0.329 e. The maximum absolute atomic E-state index is 5.83. The van der Waals surface area contributed by atoms with E-state index in [2.05, 4.69) is 34.9 Å². The summed E-state index contributed by atoms with van der Waals surface area (Å²) in [4.78, 5) is 1.32. The summed E-state index contributed by atoms with van der Waals surface area (Å²) in [6.45, 7) is 3.50. The highest BCUT2D eigenvalue weighted by atomic mass is 32.1. The van der Waals surface area contributed by atoms with Gasteiger partial charge in [-0.2, -0.15) is 5.10 Å². The van der Waals surface area contributed by atoms with Gasteiger partial charge in [0.25, 0.3) is 0 Å². The summed E-state index contributed by atoms with van der Waals surface area (Å²) in [5.41, 5.74) is 8.18. The van der Waals surface area contributed by atoms with Crippen molar-refractivity contribution in [3.63, 3.8) is 0 Å². The van der Waals surface area contributed by atoms with Crippen molar-refractivity contribution in [2.45, 2.75) is 19.5 Å². The minimum atomic E-state index is 0.172. The van der Waals surface area contributed by atoms with Crippen LogP contribution in [0, 0.1) is 6.92 Å². The Morgan fingerprint density at radius 2 is 2.41 bits per heavy atom. The van der Waals surface area contributed by atoms with Crippen LogP contribution in [0.5, 0.6) is 0 Å². The quantitative estimate of drug-likeness (QED) is 0.847. The Morgan fingerprint density at radius 1 is 1.59 bits per heavy atom. The van der Waals surface area contributed by atoms with E-state index in [-0.39, 0.29) is 6.04 Å². The van der Waals surface area contributed by atoms with E-state index < -0.39 is 0 Å². The number of nitrogens with one attached hydrogen (secondary N) is 1. The fraction of sp³-hybridized carbons (Fsp3) is 0.417. The Labute approximate surface area is 105 Å². The Kier molecular flexibility index (Phi) is 3.93. The van der Waals surface area contributed by atoms with Gasteiger partial charge in [0.05, 0.1) is 6.20 Å². The van der Waals surface area contributed by atoms with Gasteiger partial charge in [0.2, 0.25) is 0 Å². The molecule has 2 heterocycles. The zero-order valence-corrected chi connectivity index (χ0v) is 11.0. The van der Waals surface area contributed by atoms with Gasteiger partial charge in [-0.1, -0.05) is 6.07 Å². The molecule has 92 valence electrons. The monoisotopic (exact) mass is 250 g/mol. The fourth-order valence-corrected chi connectivity index (χ4v) is 2.47. The van der Waals surface area contributed by atoms with Gasteiger partial charge in [-0.05, 0) is 18.4 Å². The van der Waals surface area contributed by atoms with Crippen LogP contribution in [-0.2, 0) is 13.6 Å². The number of nitrogens with two attached hydrogens (primary N) is 1. The number of aromatic nitrogens is 2. The number of aryl methyl sites for hydroxylation is 1. The Morgan fingerprint density at radius 3 is 2.94 bits per heavy atom. The van der Waals surface area contributed by atoms with Gasteiger partial charge in [0, 0.05) is 42.3 Å². The van der Waals surface area contributed by atoms with E-state index in [1.54, 1.807) is 11.3 Å². The minimum absolute atomic E-state index is 0.172. The Hall–Kier alpha value is -1.17. The molecule has 3 N–H and O–H groups in total. The molecular weight excluding hydrogens is 232 g/mol. The summed E-state index contributed by atoms with van der Waals surface area (Å²) in [6, 6.07) is 4.36. The van der Waals surface area contributed by atoms with Crippen molar-refractivity contribution in [1.29, 1.82) is 0 Å². The Bertz CT molecular complexity index is 461. The maximum Gasteiger partial charge on any atom is 0.0540 e. The van der Waals surface area contributed by atoms with Crippen LogP contribution in [0.25, 0.3) is 0 Å². The molecule has 0 radical (unpaired) electrons. The van der Waals surface area contributed by atoms with Crippen LogP contribution in [0.4, 0.5) is 0 Å². The molecule has 0 aliphatic carbocycles. The molecule has 2 aromatic rings. The first-order valence-corrected chi connectivity index (χ1v) is 6.54. The van der Waals surface area contributed by atoms with Crippen molar-refractivity contribution in [3.8, 4) is 0 Å². The summed E-state index contributed by atoms with van der Waals surface area (Å²) >= 11 is 1.76. The van der Waals surface area contributed by atoms with Crippen LogP contribution in [-0.4, -0.2) is 16.3 Å². The summed E-state index contributed by atoms with van der Waals surface area (Å²) < 4.78 is 1.88. The van der Waals surface area contributed by atoms with Crippen LogP contribution >= 0.6 is 11.3 Å². The Balaban J connectivity index is 2.04. The zero-order valence-electron chi connectivity index (χ0n) is 10.2. The van der Waals surface area contributed by atoms with E-state index in [0.29, 0.717) is 6.54 Å². The van der Waals surface area contributed by atoms with Gasteiger partial charge in [-0.15, -0.1) is 11.3 Å². The lowest BCUT2D eigenvalue weighted by atomic mass is 10.1. The van der Waals surface area contributed by atoms with Gasteiger partial charge in [-0.3, -0.25) is 4.68 Å². The molecule has 5 heteroatoms. The number of rotatable bonds is 5. The van der Waals surface area contributed by atoms with Gasteiger partial charge in [0.1, 0.15) is 0 Å². The van der Waals surface area contributed by atoms with Crippen LogP contribution in [0.2, 0.25) is 0 Å². The van der Waals surface area contributed by atoms with E-state index in [1.165, 1.54) is 16.1 Å². The molecular formula is C12H18N4S. The van der Waals surface area contributed by atoms with Crippen molar-refractivity contribution in [1.82, 2.24) is 15.1 Å². The normalized spacial score (nSPS) is 12.9. The van der Waals surface area contributed by atoms with Crippen molar-refractivity contribution in [2.24, 2.45) is 12.8 Å². The second kappa shape index (κ2) is 5.44. The molecule has 0 saturated heterocycles. The molecule has 1 atom stereocenters. The van der Waals surface area contributed by atoms with Gasteiger partial charge in [-0.25, -0.2) is 0 Å². The van der Waals surface area contributed by atoms with E-state index in [0.717, 1.165) is 6.54 Å². The highest BCUT2D eigenvalue weighted by Gasteiger charge is 2.14. The van der Waals surface area contributed by atoms with Crippen LogP contribution in [0.3, 0.4) is 0 Å². The first-order chi connectivity index (χ1) is 8.22. The third-order valence-corrected chi connectivity index (χ3v) is 3.86. The maximum atomic E-state index is 5.83. The smallest absolute Gasteiger partial charge is 0.0540 e. The molecule has 0 aromatic carbocycles. The highest BCUT2D eigenvalue weighted by Crippen LogP contribution is 2.17. The lowest BCUT2D eigenvalue weighted by Gasteiger charge is -2.16. The van der Waals surface area contributed by atoms with Crippen molar-refractivity contribution < 1.29 is 0 Å². The highest BCUT2D eigenvalue weighted by molar-refractivity contribution is 7.09. The number of thiophene rings is 1. The third-order valence-electron chi connectivity index (χ3n) is 2.99. The van der Waals surface area contributed by atoms with Gasteiger partial charge < -0.3 is 11.1 Å². The van der Waals surface area contributed by atoms with E-state index in [4.69, 9.17) is 5.73 Å². The summed E-state index contributed by atoms with van der Waals surface area (Å²) in [5.74, 6) is 0. The van der Waals surface area contributed by atoms with E-state index in [1.807, 2.05) is 17.9 Å². The molecule has 0 amide bonds. The lowest BCUT2D eigenvalue weighted by molar-refractivity contribution is 0.541. The molecule has 0 bridgehead atoms. The van der Waals surface area contributed by atoms with E-state index in [9.17, 15) is 0 Å². The lowest BCUT2D eigenvalue weighted by Crippen LogP contribution is -2.28.